The minimum Gasteiger partial charge on any atom is -0.444 e. The van der Waals surface area contributed by atoms with Gasteiger partial charge in [-0.05, 0) is 39.2 Å². The molecule has 0 spiro atoms. The van der Waals surface area contributed by atoms with Gasteiger partial charge in [-0.3, -0.25) is 14.4 Å². The lowest BCUT2D eigenvalue weighted by atomic mass is 9.94. The molecular formula is C22H31N3O6. The molecule has 0 radical (unpaired) electrons. The summed E-state index contributed by atoms with van der Waals surface area (Å²) < 4.78 is 11.0. The third kappa shape index (κ3) is 6.41. The molecule has 3 atom stereocenters. The summed E-state index contributed by atoms with van der Waals surface area (Å²) in [5.41, 5.74) is 2.81. The molecule has 0 saturated carbocycles. The van der Waals surface area contributed by atoms with Crippen LogP contribution in [0.2, 0.25) is 0 Å². The number of alkyl carbamates (subject to hydrolysis) is 1. The van der Waals surface area contributed by atoms with E-state index in [0.29, 0.717) is 19.6 Å². The smallest absolute Gasteiger partial charge is 0.407 e. The summed E-state index contributed by atoms with van der Waals surface area (Å²) in [6.07, 6.45) is 0.231. The Hall–Kier alpha value is -2.65. The van der Waals surface area contributed by atoms with Crippen molar-refractivity contribution >= 4 is 17.9 Å². The first kappa shape index (κ1) is 23.0. The standard InChI is InChI=1S/C22H31N3O6/c1-22(2,3)31-21(28)23-11-12-30-24-19(26)17-10-9-16-13-25(17)20(27)18(16)29-14-15-7-5-4-6-8-15/h4-8,16-18H,9-14H2,1-3H3,(H,23,28)(H,24,26)/t16?,17-,18?/m0/s1. The van der Waals surface area contributed by atoms with E-state index < -0.39 is 23.8 Å². The van der Waals surface area contributed by atoms with Crippen LogP contribution >= 0.6 is 0 Å². The van der Waals surface area contributed by atoms with E-state index in [1.807, 2.05) is 30.3 Å². The molecule has 9 heteroatoms. The second-order valence-corrected chi connectivity index (χ2v) is 8.80. The predicted octanol–water partition coefficient (Wildman–Crippen LogP) is 1.77. The highest BCUT2D eigenvalue weighted by molar-refractivity contribution is 5.91. The van der Waals surface area contributed by atoms with Gasteiger partial charge in [0.05, 0.1) is 13.2 Å². The molecule has 1 aromatic rings. The number of carbonyl (C=O) groups is 3. The molecule has 3 amide bonds. The minimum absolute atomic E-state index is 0.0804. The van der Waals surface area contributed by atoms with E-state index in [0.717, 1.165) is 12.0 Å². The number of nitrogens with one attached hydrogen (secondary N) is 2. The number of benzene rings is 1. The van der Waals surface area contributed by atoms with Gasteiger partial charge in [0, 0.05) is 19.0 Å². The molecule has 2 unspecified atom stereocenters. The molecule has 3 rings (SSSR count). The molecular weight excluding hydrogens is 402 g/mol. The Morgan fingerprint density at radius 2 is 1.90 bits per heavy atom. The van der Waals surface area contributed by atoms with Gasteiger partial charge in [0.1, 0.15) is 17.7 Å². The summed E-state index contributed by atoms with van der Waals surface area (Å²) >= 11 is 0. The highest BCUT2D eigenvalue weighted by Gasteiger charge is 2.49. The first-order valence-corrected chi connectivity index (χ1v) is 10.6. The number of hydrogen-bond donors (Lipinski definition) is 2. The Morgan fingerprint density at radius 3 is 2.61 bits per heavy atom. The SMILES string of the molecule is CC(C)(C)OC(=O)NCCONC(=O)[C@@H]1CCC2CN1C(=O)C2OCc1ccccc1. The zero-order chi connectivity index (χ0) is 22.4. The molecule has 1 aromatic carbocycles. The van der Waals surface area contributed by atoms with Crippen molar-refractivity contribution in [1.29, 1.82) is 0 Å². The summed E-state index contributed by atoms with van der Waals surface area (Å²) in [5.74, 6) is -0.419. The van der Waals surface area contributed by atoms with Crippen molar-refractivity contribution in [2.75, 3.05) is 19.7 Å². The number of nitrogens with zero attached hydrogens (tertiary/aromatic N) is 1. The maximum Gasteiger partial charge on any atom is 0.407 e. The van der Waals surface area contributed by atoms with Crippen LogP contribution in [0, 0.1) is 5.92 Å². The maximum atomic E-state index is 12.8. The summed E-state index contributed by atoms with van der Waals surface area (Å²) in [4.78, 5) is 43.6. The predicted molar refractivity (Wildman–Crippen MR) is 112 cm³/mol. The van der Waals surface area contributed by atoms with Crippen LogP contribution in [0.3, 0.4) is 0 Å². The van der Waals surface area contributed by atoms with Crippen molar-refractivity contribution in [2.45, 2.75) is 58.0 Å². The van der Waals surface area contributed by atoms with E-state index in [-0.39, 0.29) is 30.9 Å². The summed E-state index contributed by atoms with van der Waals surface area (Å²) in [5, 5.41) is 2.54. The number of carbonyl (C=O) groups excluding carboxylic acids is 3. The zero-order valence-electron chi connectivity index (χ0n) is 18.3. The fourth-order valence-corrected chi connectivity index (χ4v) is 3.80. The second kappa shape index (κ2) is 10.1. The molecule has 0 aliphatic carbocycles. The van der Waals surface area contributed by atoms with Gasteiger partial charge < -0.3 is 19.7 Å². The third-order valence-corrected chi connectivity index (χ3v) is 5.19. The molecule has 0 aromatic heterocycles. The monoisotopic (exact) mass is 433 g/mol. The fourth-order valence-electron chi connectivity index (χ4n) is 3.80. The normalized spacial score (nSPS) is 22.9. The zero-order valence-corrected chi connectivity index (χ0v) is 18.3. The van der Waals surface area contributed by atoms with E-state index in [2.05, 4.69) is 10.8 Å². The molecule has 2 heterocycles. The number of rotatable bonds is 8. The van der Waals surface area contributed by atoms with Gasteiger partial charge in [-0.2, -0.15) is 0 Å². The maximum absolute atomic E-state index is 12.8. The largest absolute Gasteiger partial charge is 0.444 e. The molecule has 2 fully saturated rings. The molecule has 9 nitrogen and oxygen atoms in total. The Balaban J connectivity index is 1.40. The molecule has 2 bridgehead atoms. The van der Waals surface area contributed by atoms with E-state index in [1.54, 1.807) is 25.7 Å². The van der Waals surface area contributed by atoms with E-state index >= 15 is 0 Å². The molecule has 2 N–H and O–H groups in total. The molecule has 31 heavy (non-hydrogen) atoms. The molecule has 2 aliphatic rings. The lowest BCUT2D eigenvalue weighted by molar-refractivity contribution is -0.148. The lowest BCUT2D eigenvalue weighted by Crippen LogP contribution is -2.49. The van der Waals surface area contributed by atoms with Gasteiger partial charge in [0.15, 0.2) is 0 Å². The number of fused-ring (bicyclic) bond motifs is 2. The van der Waals surface area contributed by atoms with E-state index in [9.17, 15) is 14.4 Å². The van der Waals surface area contributed by atoms with Gasteiger partial charge in [0.25, 0.3) is 11.8 Å². The van der Waals surface area contributed by atoms with E-state index in [4.69, 9.17) is 14.3 Å². The van der Waals surface area contributed by atoms with Crippen LogP contribution in [0.1, 0.15) is 39.2 Å². The number of piperidine rings is 1. The van der Waals surface area contributed by atoms with Crippen LogP contribution in [0.5, 0.6) is 0 Å². The Labute approximate surface area is 182 Å². The van der Waals surface area contributed by atoms with Gasteiger partial charge in [-0.1, -0.05) is 30.3 Å². The van der Waals surface area contributed by atoms with Crippen molar-refractivity contribution in [3.8, 4) is 0 Å². The fraction of sp³-hybridized carbons (Fsp3) is 0.591. The first-order valence-electron chi connectivity index (χ1n) is 10.6. The van der Waals surface area contributed by atoms with Crippen LogP contribution < -0.4 is 10.8 Å². The number of amides is 3. The van der Waals surface area contributed by atoms with Crippen LogP contribution in [0.15, 0.2) is 30.3 Å². The number of hydroxylamine groups is 1. The number of ether oxygens (including phenoxy) is 2. The first-order chi connectivity index (χ1) is 14.7. The van der Waals surface area contributed by atoms with Crippen molar-refractivity contribution in [3.05, 3.63) is 35.9 Å². The summed E-state index contributed by atoms with van der Waals surface area (Å²) in [6.45, 7) is 6.46. The Morgan fingerprint density at radius 1 is 1.16 bits per heavy atom. The molecule has 2 saturated heterocycles. The average molecular weight is 434 g/mol. The van der Waals surface area contributed by atoms with Crippen molar-refractivity contribution < 1.29 is 28.7 Å². The van der Waals surface area contributed by atoms with Gasteiger partial charge in [0.2, 0.25) is 0 Å². The van der Waals surface area contributed by atoms with E-state index in [1.165, 1.54) is 0 Å². The quantitative estimate of drug-likeness (QED) is 0.478. The second-order valence-electron chi connectivity index (χ2n) is 8.80. The van der Waals surface area contributed by atoms with Crippen LogP contribution in [-0.4, -0.2) is 60.3 Å². The lowest BCUT2D eigenvalue weighted by Gasteiger charge is -2.30. The van der Waals surface area contributed by atoms with Crippen LogP contribution in [-0.2, 0) is 30.5 Å². The summed E-state index contributed by atoms with van der Waals surface area (Å²) in [7, 11) is 0. The van der Waals surface area contributed by atoms with Gasteiger partial charge in [-0.15, -0.1) is 0 Å². The van der Waals surface area contributed by atoms with Crippen LogP contribution in [0.4, 0.5) is 4.79 Å². The highest BCUT2D eigenvalue weighted by atomic mass is 16.7. The van der Waals surface area contributed by atoms with Gasteiger partial charge in [-0.25, -0.2) is 10.3 Å². The topological polar surface area (TPSA) is 106 Å². The molecule has 2 aliphatic heterocycles. The summed E-state index contributed by atoms with van der Waals surface area (Å²) in [6, 6.07) is 9.13. The molecule has 170 valence electrons. The third-order valence-electron chi connectivity index (χ3n) is 5.19. The Bertz CT molecular complexity index is 779. The minimum atomic E-state index is -0.580. The van der Waals surface area contributed by atoms with Crippen molar-refractivity contribution in [2.24, 2.45) is 5.92 Å². The highest BCUT2D eigenvalue weighted by Crippen LogP contribution is 2.34. The van der Waals surface area contributed by atoms with Gasteiger partial charge >= 0.3 is 6.09 Å². The van der Waals surface area contributed by atoms with Crippen molar-refractivity contribution in [3.63, 3.8) is 0 Å². The van der Waals surface area contributed by atoms with Crippen LogP contribution in [0.25, 0.3) is 0 Å². The number of hydrogen-bond acceptors (Lipinski definition) is 6. The Kier molecular flexibility index (Phi) is 7.50. The average Bonchev–Trinajstić information content (AvgIpc) is 2.95. The van der Waals surface area contributed by atoms with Crippen molar-refractivity contribution in [1.82, 2.24) is 15.7 Å².